The maximum absolute atomic E-state index is 13.3. The number of carbonyl (C=O) groups is 1. The SMILES string of the molecule is Cc1ccc([C@@H](NC(=O)c2ccc(Cl)c(S(=O)(=O)Nc3cccc(C)c3)c2)c2ccccc2)cc1. The number of amides is 1. The molecule has 0 unspecified atom stereocenters. The fourth-order valence-corrected chi connectivity index (χ4v) is 5.32. The summed E-state index contributed by atoms with van der Waals surface area (Å²) in [5.41, 5.74) is 4.45. The van der Waals surface area contributed by atoms with Crippen LogP contribution in [0.1, 0.15) is 38.7 Å². The largest absolute Gasteiger partial charge is 0.341 e. The van der Waals surface area contributed by atoms with Crippen LogP contribution in [0.25, 0.3) is 0 Å². The van der Waals surface area contributed by atoms with Crippen LogP contribution >= 0.6 is 11.6 Å². The predicted octanol–water partition coefficient (Wildman–Crippen LogP) is 6.28. The van der Waals surface area contributed by atoms with Gasteiger partial charge in [-0.05, 0) is 60.9 Å². The first-order chi connectivity index (χ1) is 16.7. The van der Waals surface area contributed by atoms with Crippen molar-refractivity contribution in [1.82, 2.24) is 5.32 Å². The molecule has 5 nitrogen and oxygen atoms in total. The van der Waals surface area contributed by atoms with Gasteiger partial charge in [0.05, 0.1) is 11.1 Å². The minimum atomic E-state index is -4.02. The standard InChI is InChI=1S/C28H25ClN2O3S/c1-19-11-13-22(14-12-19)27(21-8-4-3-5-9-21)30-28(32)23-15-16-25(29)26(18-23)35(33,34)31-24-10-6-7-20(2)17-24/h3-18,27,31H,1-2H3,(H,30,32)/t27-/m0/s1. The number of aryl methyl sites for hydroxylation is 2. The second-order valence-electron chi connectivity index (χ2n) is 8.35. The average Bonchev–Trinajstić information content (AvgIpc) is 2.83. The number of carbonyl (C=O) groups excluding carboxylic acids is 1. The van der Waals surface area contributed by atoms with Crippen molar-refractivity contribution in [2.24, 2.45) is 0 Å². The summed E-state index contributed by atoms with van der Waals surface area (Å²) in [6.45, 7) is 3.87. The number of hydrogen-bond acceptors (Lipinski definition) is 3. The Morgan fingerprint density at radius 3 is 2.14 bits per heavy atom. The molecule has 0 spiro atoms. The number of nitrogens with one attached hydrogen (secondary N) is 2. The zero-order valence-corrected chi connectivity index (χ0v) is 20.9. The normalized spacial score (nSPS) is 12.1. The molecule has 0 heterocycles. The summed E-state index contributed by atoms with van der Waals surface area (Å²) >= 11 is 6.24. The lowest BCUT2D eigenvalue weighted by Gasteiger charge is -2.20. The van der Waals surface area contributed by atoms with Gasteiger partial charge in [0.25, 0.3) is 15.9 Å². The second-order valence-corrected chi connectivity index (χ2v) is 10.4. The Labute approximate surface area is 210 Å². The lowest BCUT2D eigenvalue weighted by Crippen LogP contribution is -2.29. The highest BCUT2D eigenvalue weighted by Crippen LogP contribution is 2.27. The molecule has 0 aliphatic rings. The van der Waals surface area contributed by atoms with Crippen molar-refractivity contribution in [2.75, 3.05) is 4.72 Å². The van der Waals surface area contributed by atoms with E-state index in [2.05, 4.69) is 10.0 Å². The summed E-state index contributed by atoms with van der Waals surface area (Å²) < 4.78 is 28.7. The third-order valence-corrected chi connectivity index (χ3v) is 7.44. The zero-order chi connectivity index (χ0) is 25.0. The van der Waals surface area contributed by atoms with Crippen LogP contribution in [0.3, 0.4) is 0 Å². The van der Waals surface area contributed by atoms with Gasteiger partial charge in [0.15, 0.2) is 0 Å². The predicted molar refractivity (Wildman–Crippen MR) is 140 cm³/mol. The van der Waals surface area contributed by atoms with E-state index in [1.807, 2.05) is 74.5 Å². The van der Waals surface area contributed by atoms with Crippen LogP contribution in [0.15, 0.2) is 102 Å². The van der Waals surface area contributed by atoms with Crippen molar-refractivity contribution in [3.63, 3.8) is 0 Å². The van der Waals surface area contributed by atoms with Gasteiger partial charge >= 0.3 is 0 Å². The first-order valence-electron chi connectivity index (χ1n) is 11.0. The molecule has 7 heteroatoms. The van der Waals surface area contributed by atoms with Crippen molar-refractivity contribution in [1.29, 1.82) is 0 Å². The highest BCUT2D eigenvalue weighted by molar-refractivity contribution is 7.92. The van der Waals surface area contributed by atoms with Crippen LogP contribution in [0, 0.1) is 13.8 Å². The molecule has 0 radical (unpaired) electrons. The van der Waals surface area contributed by atoms with Crippen molar-refractivity contribution in [3.8, 4) is 0 Å². The smallest absolute Gasteiger partial charge is 0.263 e. The van der Waals surface area contributed by atoms with E-state index in [1.165, 1.54) is 18.2 Å². The topological polar surface area (TPSA) is 75.3 Å². The van der Waals surface area contributed by atoms with Crippen LogP contribution in [-0.4, -0.2) is 14.3 Å². The molecule has 0 fully saturated rings. The Morgan fingerprint density at radius 2 is 1.46 bits per heavy atom. The van der Waals surface area contributed by atoms with E-state index in [0.717, 1.165) is 22.3 Å². The maximum atomic E-state index is 13.3. The van der Waals surface area contributed by atoms with E-state index in [4.69, 9.17) is 11.6 Å². The van der Waals surface area contributed by atoms with E-state index in [9.17, 15) is 13.2 Å². The van der Waals surface area contributed by atoms with Gasteiger partial charge in [0, 0.05) is 11.3 Å². The van der Waals surface area contributed by atoms with Crippen LogP contribution in [0.4, 0.5) is 5.69 Å². The molecule has 0 aromatic heterocycles. The van der Waals surface area contributed by atoms with Gasteiger partial charge in [0.2, 0.25) is 0 Å². The first kappa shape index (κ1) is 24.5. The minimum absolute atomic E-state index is 0.0276. The second kappa shape index (κ2) is 10.3. The molecule has 35 heavy (non-hydrogen) atoms. The molecule has 0 aliphatic carbocycles. The number of rotatable bonds is 7. The molecular weight excluding hydrogens is 480 g/mol. The molecule has 1 amide bonds. The molecule has 0 saturated carbocycles. The van der Waals surface area contributed by atoms with Crippen LogP contribution in [0.5, 0.6) is 0 Å². The molecular formula is C28H25ClN2O3S. The number of anilines is 1. The Bertz CT molecular complexity index is 1450. The molecule has 0 saturated heterocycles. The third kappa shape index (κ3) is 5.91. The monoisotopic (exact) mass is 504 g/mol. The van der Waals surface area contributed by atoms with Gasteiger partial charge in [-0.15, -0.1) is 0 Å². The maximum Gasteiger partial charge on any atom is 0.263 e. The molecule has 4 aromatic carbocycles. The molecule has 178 valence electrons. The quantitative estimate of drug-likeness (QED) is 0.311. The Kier molecular flexibility index (Phi) is 7.24. The number of hydrogen-bond donors (Lipinski definition) is 2. The van der Waals surface area contributed by atoms with Gasteiger partial charge in [0.1, 0.15) is 4.90 Å². The summed E-state index contributed by atoms with van der Waals surface area (Å²) in [7, 11) is -4.02. The number of benzene rings is 4. The first-order valence-corrected chi connectivity index (χ1v) is 12.9. The molecule has 4 rings (SSSR count). The van der Waals surface area contributed by atoms with E-state index in [0.29, 0.717) is 5.69 Å². The fourth-order valence-electron chi connectivity index (χ4n) is 3.75. The van der Waals surface area contributed by atoms with Gasteiger partial charge in [-0.1, -0.05) is 83.9 Å². The number of halogens is 1. The van der Waals surface area contributed by atoms with Crippen LogP contribution < -0.4 is 10.0 Å². The van der Waals surface area contributed by atoms with Crippen molar-refractivity contribution >= 4 is 33.2 Å². The van der Waals surface area contributed by atoms with Gasteiger partial charge in [-0.2, -0.15) is 0 Å². The molecule has 4 aromatic rings. The molecule has 2 N–H and O–H groups in total. The Morgan fingerprint density at radius 1 is 0.771 bits per heavy atom. The Hall–Kier alpha value is -3.61. The van der Waals surface area contributed by atoms with Gasteiger partial charge in [-0.3, -0.25) is 9.52 Å². The average molecular weight is 505 g/mol. The summed E-state index contributed by atoms with van der Waals surface area (Å²) in [4.78, 5) is 13.1. The number of sulfonamides is 1. The minimum Gasteiger partial charge on any atom is -0.341 e. The van der Waals surface area contributed by atoms with E-state index < -0.39 is 22.0 Å². The van der Waals surface area contributed by atoms with Gasteiger partial charge in [-0.25, -0.2) is 8.42 Å². The summed E-state index contributed by atoms with van der Waals surface area (Å²) in [6.07, 6.45) is 0. The van der Waals surface area contributed by atoms with Crippen molar-refractivity contribution < 1.29 is 13.2 Å². The Balaban J connectivity index is 1.65. The van der Waals surface area contributed by atoms with E-state index in [-0.39, 0.29) is 15.5 Å². The lowest BCUT2D eigenvalue weighted by atomic mass is 9.97. The molecule has 0 bridgehead atoms. The molecule has 0 aliphatic heterocycles. The highest BCUT2D eigenvalue weighted by atomic mass is 35.5. The lowest BCUT2D eigenvalue weighted by molar-refractivity contribution is 0.0942. The molecule has 1 atom stereocenters. The highest BCUT2D eigenvalue weighted by Gasteiger charge is 2.23. The van der Waals surface area contributed by atoms with E-state index >= 15 is 0 Å². The van der Waals surface area contributed by atoms with Crippen LogP contribution in [0.2, 0.25) is 5.02 Å². The summed E-state index contributed by atoms with van der Waals surface area (Å²) in [6, 6.07) is 28.3. The third-order valence-electron chi connectivity index (χ3n) is 5.57. The van der Waals surface area contributed by atoms with Gasteiger partial charge < -0.3 is 5.32 Å². The van der Waals surface area contributed by atoms with Crippen LogP contribution in [-0.2, 0) is 10.0 Å². The fraction of sp³-hybridized carbons (Fsp3) is 0.107. The van der Waals surface area contributed by atoms with E-state index in [1.54, 1.807) is 18.2 Å². The zero-order valence-electron chi connectivity index (χ0n) is 19.3. The van der Waals surface area contributed by atoms with Crippen molar-refractivity contribution in [2.45, 2.75) is 24.8 Å². The summed E-state index contributed by atoms with van der Waals surface area (Å²) in [5.74, 6) is -0.414. The van der Waals surface area contributed by atoms with Crippen molar-refractivity contribution in [3.05, 3.63) is 130 Å². The summed E-state index contributed by atoms with van der Waals surface area (Å²) in [5, 5.41) is 3.07.